The van der Waals surface area contributed by atoms with Crippen molar-refractivity contribution in [2.45, 2.75) is 44.6 Å². The second-order valence-corrected chi connectivity index (χ2v) is 6.53. The molecule has 2 N–H and O–H groups in total. The molecule has 0 spiro atoms. The van der Waals surface area contributed by atoms with Crippen LogP contribution in [0, 0.1) is 5.92 Å². The summed E-state index contributed by atoms with van der Waals surface area (Å²) in [5, 5.41) is 12.4. The Labute approximate surface area is 146 Å². The monoisotopic (exact) mass is 341 g/mol. The highest BCUT2D eigenvalue weighted by Gasteiger charge is 2.30. The zero-order valence-corrected chi connectivity index (χ0v) is 14.1. The smallest absolute Gasteiger partial charge is 0.308 e. The first-order chi connectivity index (χ1) is 12.1. The molecule has 1 aliphatic rings. The summed E-state index contributed by atoms with van der Waals surface area (Å²) in [4.78, 5) is 28.1. The summed E-state index contributed by atoms with van der Waals surface area (Å²) in [6.07, 6.45) is 10.6. The summed E-state index contributed by atoms with van der Waals surface area (Å²) in [6, 6.07) is 6.90. The lowest BCUT2D eigenvalue weighted by molar-refractivity contribution is -0.143. The predicted octanol–water partition coefficient (Wildman–Crippen LogP) is 3.03. The lowest BCUT2D eigenvalue weighted by atomic mass is 9.86. The van der Waals surface area contributed by atoms with Crippen molar-refractivity contribution in [3.8, 4) is 5.69 Å². The molecule has 1 aromatic carbocycles. The molecule has 0 bridgehead atoms. The van der Waals surface area contributed by atoms with Gasteiger partial charge in [0.1, 0.15) is 0 Å². The molecule has 1 heterocycles. The highest BCUT2D eigenvalue weighted by Crippen LogP contribution is 2.23. The number of rotatable bonds is 4. The molecule has 3 rings (SSSR count). The zero-order chi connectivity index (χ0) is 17.6. The Bertz CT molecular complexity index is 710. The van der Waals surface area contributed by atoms with Crippen LogP contribution in [0.1, 0.15) is 48.9 Å². The highest BCUT2D eigenvalue weighted by molar-refractivity contribution is 5.94. The molecule has 25 heavy (non-hydrogen) atoms. The molecule has 0 saturated heterocycles. The van der Waals surface area contributed by atoms with Crippen molar-refractivity contribution in [1.82, 2.24) is 14.9 Å². The van der Waals surface area contributed by atoms with Gasteiger partial charge in [-0.3, -0.25) is 9.59 Å². The van der Waals surface area contributed by atoms with Gasteiger partial charge in [-0.15, -0.1) is 0 Å². The van der Waals surface area contributed by atoms with Crippen LogP contribution < -0.4 is 5.32 Å². The largest absolute Gasteiger partial charge is 0.481 e. The molecule has 1 saturated carbocycles. The van der Waals surface area contributed by atoms with E-state index in [-0.39, 0.29) is 11.9 Å². The van der Waals surface area contributed by atoms with Gasteiger partial charge in [-0.25, -0.2) is 4.98 Å². The van der Waals surface area contributed by atoms with Gasteiger partial charge in [0.25, 0.3) is 5.91 Å². The number of hydrogen-bond donors (Lipinski definition) is 2. The molecule has 1 aliphatic carbocycles. The predicted molar refractivity (Wildman–Crippen MR) is 93.6 cm³/mol. The Morgan fingerprint density at radius 2 is 1.80 bits per heavy atom. The van der Waals surface area contributed by atoms with E-state index in [0.717, 1.165) is 37.8 Å². The number of carboxylic acid groups (broad SMARTS) is 1. The van der Waals surface area contributed by atoms with Crippen molar-refractivity contribution < 1.29 is 14.7 Å². The van der Waals surface area contributed by atoms with E-state index < -0.39 is 11.9 Å². The zero-order valence-electron chi connectivity index (χ0n) is 14.1. The van der Waals surface area contributed by atoms with Crippen LogP contribution in [0.2, 0.25) is 0 Å². The summed E-state index contributed by atoms with van der Waals surface area (Å²) in [7, 11) is 0. The minimum atomic E-state index is -0.817. The van der Waals surface area contributed by atoms with E-state index in [0.29, 0.717) is 12.0 Å². The van der Waals surface area contributed by atoms with Crippen LogP contribution in [0.25, 0.3) is 5.69 Å². The van der Waals surface area contributed by atoms with Gasteiger partial charge in [0, 0.05) is 29.7 Å². The number of amides is 1. The van der Waals surface area contributed by atoms with Crippen molar-refractivity contribution in [3.05, 3.63) is 48.5 Å². The first-order valence-corrected chi connectivity index (χ1v) is 8.77. The SMILES string of the molecule is O=C(NC1CCCCCCC1C(=O)O)c1ccc(-n2ccnc2)cc1. The van der Waals surface area contributed by atoms with E-state index in [1.54, 1.807) is 24.7 Å². The third kappa shape index (κ3) is 4.26. The molecule has 6 heteroatoms. The van der Waals surface area contributed by atoms with Crippen LogP contribution in [-0.2, 0) is 4.79 Å². The Balaban J connectivity index is 1.70. The number of aromatic nitrogens is 2. The first-order valence-electron chi connectivity index (χ1n) is 8.77. The van der Waals surface area contributed by atoms with Gasteiger partial charge in [0.15, 0.2) is 0 Å². The summed E-state index contributed by atoms with van der Waals surface area (Å²) in [5.74, 6) is -1.54. The Hall–Kier alpha value is -2.63. The number of imidazole rings is 1. The molecule has 2 aromatic rings. The fourth-order valence-corrected chi connectivity index (χ4v) is 3.40. The standard InChI is InChI=1S/C19H23N3O3/c23-18(14-7-9-15(10-8-14)22-12-11-20-13-22)21-17-6-4-2-1-3-5-16(17)19(24)25/h7-13,16-17H,1-6H2,(H,21,23)(H,24,25). The molecule has 132 valence electrons. The van der Waals surface area contributed by atoms with Crippen LogP contribution in [0.3, 0.4) is 0 Å². The van der Waals surface area contributed by atoms with Crippen LogP contribution in [0.5, 0.6) is 0 Å². The van der Waals surface area contributed by atoms with E-state index in [2.05, 4.69) is 10.3 Å². The molecular formula is C19H23N3O3. The average molecular weight is 341 g/mol. The quantitative estimate of drug-likeness (QED) is 0.895. The van der Waals surface area contributed by atoms with Crippen molar-refractivity contribution in [2.24, 2.45) is 5.92 Å². The molecule has 0 aliphatic heterocycles. The third-order valence-electron chi connectivity index (χ3n) is 4.83. The number of nitrogens with one attached hydrogen (secondary N) is 1. The average Bonchev–Trinajstić information content (AvgIpc) is 3.11. The summed E-state index contributed by atoms with van der Waals surface area (Å²) in [6.45, 7) is 0. The number of hydrogen-bond acceptors (Lipinski definition) is 3. The van der Waals surface area contributed by atoms with Gasteiger partial charge < -0.3 is 15.0 Å². The summed E-state index contributed by atoms with van der Waals surface area (Å²) < 4.78 is 1.86. The highest BCUT2D eigenvalue weighted by atomic mass is 16.4. The number of carboxylic acids is 1. The van der Waals surface area contributed by atoms with Gasteiger partial charge in [-0.05, 0) is 37.1 Å². The van der Waals surface area contributed by atoms with Gasteiger partial charge >= 0.3 is 5.97 Å². The number of aliphatic carboxylic acids is 1. The summed E-state index contributed by atoms with van der Waals surface area (Å²) in [5.41, 5.74) is 1.46. The van der Waals surface area contributed by atoms with Crippen LogP contribution in [0.4, 0.5) is 0 Å². The number of carbonyl (C=O) groups excluding carboxylic acids is 1. The second kappa shape index (κ2) is 7.96. The maximum absolute atomic E-state index is 12.6. The molecule has 0 radical (unpaired) electrons. The lowest BCUT2D eigenvalue weighted by Crippen LogP contribution is -2.43. The van der Waals surface area contributed by atoms with E-state index in [9.17, 15) is 14.7 Å². The van der Waals surface area contributed by atoms with Crippen molar-refractivity contribution in [1.29, 1.82) is 0 Å². The molecule has 1 fully saturated rings. The lowest BCUT2D eigenvalue weighted by Gasteiger charge is -2.27. The van der Waals surface area contributed by atoms with Gasteiger partial charge in [0.05, 0.1) is 12.2 Å². The third-order valence-corrected chi connectivity index (χ3v) is 4.83. The van der Waals surface area contributed by atoms with Gasteiger partial charge in [-0.2, -0.15) is 0 Å². The maximum atomic E-state index is 12.6. The second-order valence-electron chi connectivity index (χ2n) is 6.53. The molecule has 1 aromatic heterocycles. The fraction of sp³-hybridized carbons (Fsp3) is 0.421. The molecule has 2 unspecified atom stereocenters. The van der Waals surface area contributed by atoms with E-state index in [1.807, 2.05) is 22.9 Å². The van der Waals surface area contributed by atoms with Crippen molar-refractivity contribution in [3.63, 3.8) is 0 Å². The van der Waals surface area contributed by atoms with Gasteiger partial charge in [-0.1, -0.05) is 25.7 Å². The fourth-order valence-electron chi connectivity index (χ4n) is 3.40. The minimum absolute atomic E-state index is 0.214. The Morgan fingerprint density at radius 1 is 1.08 bits per heavy atom. The van der Waals surface area contributed by atoms with Crippen LogP contribution >= 0.6 is 0 Å². The Kier molecular flexibility index (Phi) is 5.48. The van der Waals surface area contributed by atoms with Crippen LogP contribution in [0.15, 0.2) is 43.0 Å². The van der Waals surface area contributed by atoms with E-state index in [4.69, 9.17) is 0 Å². The van der Waals surface area contributed by atoms with Crippen molar-refractivity contribution in [2.75, 3.05) is 0 Å². The minimum Gasteiger partial charge on any atom is -0.481 e. The Morgan fingerprint density at radius 3 is 2.44 bits per heavy atom. The molecular weight excluding hydrogens is 318 g/mol. The topological polar surface area (TPSA) is 84.2 Å². The maximum Gasteiger partial charge on any atom is 0.308 e. The first kappa shape index (κ1) is 17.2. The molecule has 1 amide bonds. The normalized spacial score (nSPS) is 21.1. The number of nitrogens with zero attached hydrogens (tertiary/aromatic N) is 2. The molecule has 6 nitrogen and oxygen atoms in total. The van der Waals surface area contributed by atoms with Crippen molar-refractivity contribution >= 4 is 11.9 Å². The van der Waals surface area contributed by atoms with E-state index >= 15 is 0 Å². The molecule has 2 atom stereocenters. The summed E-state index contributed by atoms with van der Waals surface area (Å²) >= 11 is 0. The van der Waals surface area contributed by atoms with Gasteiger partial charge in [0.2, 0.25) is 0 Å². The van der Waals surface area contributed by atoms with E-state index in [1.165, 1.54) is 0 Å². The van der Waals surface area contributed by atoms with Crippen LogP contribution in [-0.4, -0.2) is 32.6 Å². The number of carbonyl (C=O) groups is 2. The number of benzene rings is 1.